The van der Waals surface area contributed by atoms with Gasteiger partial charge in [0.2, 0.25) is 5.91 Å². The van der Waals surface area contributed by atoms with Crippen LogP contribution in [0.1, 0.15) is 24.5 Å². The maximum atomic E-state index is 12.0. The molecule has 0 aliphatic heterocycles. The van der Waals surface area contributed by atoms with E-state index in [1.54, 1.807) is 19.1 Å². The van der Waals surface area contributed by atoms with Crippen LogP contribution in [-0.4, -0.2) is 24.1 Å². The van der Waals surface area contributed by atoms with Crippen molar-refractivity contribution < 1.29 is 14.3 Å². The van der Waals surface area contributed by atoms with Crippen molar-refractivity contribution in [3.8, 4) is 5.75 Å². The number of halogens is 3. The van der Waals surface area contributed by atoms with Gasteiger partial charge in [-0.3, -0.25) is 9.59 Å². The lowest BCUT2D eigenvalue weighted by Gasteiger charge is -2.10. The quantitative estimate of drug-likeness (QED) is 0.371. The Labute approximate surface area is 191 Å². The van der Waals surface area contributed by atoms with Crippen molar-refractivity contribution in [2.45, 2.75) is 26.8 Å². The summed E-state index contributed by atoms with van der Waals surface area (Å²) in [5.41, 5.74) is 4.80. The first kappa shape index (κ1) is 23.4. The van der Waals surface area contributed by atoms with E-state index >= 15 is 0 Å². The molecule has 0 aliphatic rings. The number of benzene rings is 2. The van der Waals surface area contributed by atoms with Crippen LogP contribution in [0.15, 0.2) is 50.4 Å². The summed E-state index contributed by atoms with van der Waals surface area (Å²) in [7, 11) is 0. The van der Waals surface area contributed by atoms with E-state index < -0.39 is 5.91 Å². The van der Waals surface area contributed by atoms with Crippen molar-refractivity contribution in [3.05, 3.63) is 61.5 Å². The average molecular weight is 546 g/mol. The topological polar surface area (TPSA) is 79.8 Å². The van der Waals surface area contributed by atoms with E-state index in [1.165, 1.54) is 0 Å². The molecule has 0 aromatic heterocycles. The molecule has 9 heteroatoms. The Morgan fingerprint density at radius 3 is 2.48 bits per heavy atom. The minimum absolute atomic E-state index is 0.0756. The summed E-state index contributed by atoms with van der Waals surface area (Å²) in [6.45, 7) is 3.79. The minimum Gasteiger partial charge on any atom is -0.483 e. The largest absolute Gasteiger partial charge is 0.483 e. The molecule has 0 aliphatic carbocycles. The van der Waals surface area contributed by atoms with Gasteiger partial charge in [0.25, 0.3) is 5.91 Å². The summed E-state index contributed by atoms with van der Waals surface area (Å²) in [6.07, 6.45) is 0.0756. The van der Waals surface area contributed by atoms with Crippen molar-refractivity contribution >= 4 is 61.0 Å². The van der Waals surface area contributed by atoms with Gasteiger partial charge in [0.15, 0.2) is 6.61 Å². The molecule has 0 atom stereocenters. The monoisotopic (exact) mass is 543 g/mol. The third-order valence-corrected chi connectivity index (χ3v) is 5.49. The lowest BCUT2D eigenvalue weighted by molar-refractivity contribution is -0.123. The van der Waals surface area contributed by atoms with Gasteiger partial charge in [0.05, 0.1) is 10.9 Å². The van der Waals surface area contributed by atoms with Gasteiger partial charge in [-0.1, -0.05) is 39.7 Å². The summed E-state index contributed by atoms with van der Waals surface area (Å²) in [5.74, 6) is -0.0532. The van der Waals surface area contributed by atoms with E-state index in [4.69, 9.17) is 16.3 Å². The Morgan fingerprint density at radius 2 is 1.79 bits per heavy atom. The molecule has 0 unspecified atom stereocenters. The number of hydrogen-bond acceptors (Lipinski definition) is 4. The zero-order valence-corrected chi connectivity index (χ0v) is 19.8. The molecule has 6 nitrogen and oxygen atoms in total. The predicted octanol–water partition coefficient (Wildman–Crippen LogP) is 4.75. The van der Waals surface area contributed by atoms with Crippen LogP contribution in [-0.2, 0) is 16.1 Å². The molecule has 0 bridgehead atoms. The predicted molar refractivity (Wildman–Crippen MR) is 121 cm³/mol. The summed E-state index contributed by atoms with van der Waals surface area (Å²) < 4.78 is 7.18. The summed E-state index contributed by atoms with van der Waals surface area (Å²) >= 11 is 12.6. The number of amides is 2. The van der Waals surface area contributed by atoms with Crippen LogP contribution in [0.25, 0.3) is 0 Å². The number of rotatable bonds is 8. The van der Waals surface area contributed by atoms with Crippen molar-refractivity contribution in [1.82, 2.24) is 10.7 Å². The Hall–Kier alpha value is -1.90. The number of hydrogen-bond donors (Lipinski definition) is 2. The van der Waals surface area contributed by atoms with Crippen molar-refractivity contribution in [2.24, 2.45) is 5.10 Å². The van der Waals surface area contributed by atoms with Crippen molar-refractivity contribution in [3.63, 3.8) is 0 Å². The van der Waals surface area contributed by atoms with E-state index in [9.17, 15) is 9.59 Å². The SMILES string of the molecule is CC(CC(=O)NCc1ccc(Cl)cc1)=NNC(=O)COc1cc(C)c(Br)cc1Br. The second kappa shape index (κ2) is 11.3. The standard InChI is InChI=1S/C20H20Br2ClN3O3/c1-12-7-18(17(22)9-16(12)21)29-11-20(28)26-25-13(2)8-19(27)24-10-14-3-5-15(23)6-4-14/h3-7,9H,8,10-11H2,1-2H3,(H,24,27)(H,26,28). The van der Waals surface area contributed by atoms with Crippen LogP contribution in [0.4, 0.5) is 0 Å². The molecule has 2 amide bonds. The van der Waals surface area contributed by atoms with Gasteiger partial charge < -0.3 is 10.1 Å². The minimum atomic E-state index is -0.418. The summed E-state index contributed by atoms with van der Waals surface area (Å²) in [4.78, 5) is 23.9. The van der Waals surface area contributed by atoms with Gasteiger partial charge >= 0.3 is 0 Å². The van der Waals surface area contributed by atoms with Crippen LogP contribution >= 0.6 is 43.5 Å². The van der Waals surface area contributed by atoms with E-state index in [0.29, 0.717) is 23.0 Å². The van der Waals surface area contributed by atoms with E-state index in [1.807, 2.05) is 31.2 Å². The molecule has 2 rings (SSSR count). The molecule has 0 spiro atoms. The number of carbonyl (C=O) groups excluding carboxylic acids is 2. The maximum absolute atomic E-state index is 12.0. The lowest BCUT2D eigenvalue weighted by Crippen LogP contribution is -2.28. The normalized spacial score (nSPS) is 11.1. The number of nitrogens with one attached hydrogen (secondary N) is 2. The number of ether oxygens (including phenoxy) is 1. The zero-order valence-electron chi connectivity index (χ0n) is 15.9. The highest BCUT2D eigenvalue weighted by Gasteiger charge is 2.09. The summed E-state index contributed by atoms with van der Waals surface area (Å²) in [6, 6.07) is 10.9. The Morgan fingerprint density at radius 1 is 1.10 bits per heavy atom. The highest BCUT2D eigenvalue weighted by molar-refractivity contribution is 9.11. The smallest absolute Gasteiger partial charge is 0.277 e. The van der Waals surface area contributed by atoms with Gasteiger partial charge in [-0.15, -0.1) is 0 Å². The second-order valence-electron chi connectivity index (χ2n) is 6.28. The molecule has 2 N–H and O–H groups in total. The van der Waals surface area contributed by atoms with Crippen LogP contribution in [0.2, 0.25) is 5.02 Å². The first-order valence-electron chi connectivity index (χ1n) is 8.66. The van der Waals surface area contributed by atoms with Crippen molar-refractivity contribution in [2.75, 3.05) is 6.61 Å². The van der Waals surface area contributed by atoms with Gasteiger partial charge in [-0.25, -0.2) is 5.43 Å². The van der Waals surface area contributed by atoms with Gasteiger partial charge in [-0.05, 0) is 65.2 Å². The Bertz CT molecular complexity index is 918. The maximum Gasteiger partial charge on any atom is 0.277 e. The Kier molecular flexibility index (Phi) is 9.13. The van der Waals surface area contributed by atoms with Crippen LogP contribution in [0, 0.1) is 6.92 Å². The van der Waals surface area contributed by atoms with Crippen LogP contribution in [0.5, 0.6) is 5.75 Å². The molecule has 0 radical (unpaired) electrons. The molecular weight excluding hydrogens is 525 g/mol. The molecule has 0 saturated heterocycles. The molecule has 154 valence electrons. The number of nitrogens with zero attached hydrogens (tertiary/aromatic N) is 1. The lowest BCUT2D eigenvalue weighted by atomic mass is 10.2. The van der Waals surface area contributed by atoms with Gasteiger partial charge in [0, 0.05) is 21.8 Å². The zero-order chi connectivity index (χ0) is 21.4. The molecule has 0 heterocycles. The number of hydrazone groups is 1. The van der Waals surface area contributed by atoms with Crippen LogP contribution < -0.4 is 15.5 Å². The first-order chi connectivity index (χ1) is 13.7. The molecule has 0 fully saturated rings. The van der Waals surface area contributed by atoms with E-state index in [0.717, 1.165) is 20.1 Å². The number of carbonyl (C=O) groups is 2. The highest BCUT2D eigenvalue weighted by atomic mass is 79.9. The van der Waals surface area contributed by atoms with E-state index in [-0.39, 0.29) is 18.9 Å². The summed E-state index contributed by atoms with van der Waals surface area (Å²) in [5, 5.41) is 7.37. The number of aryl methyl sites for hydroxylation is 1. The highest BCUT2D eigenvalue weighted by Crippen LogP contribution is 2.31. The van der Waals surface area contributed by atoms with Crippen LogP contribution in [0.3, 0.4) is 0 Å². The third-order valence-electron chi connectivity index (χ3n) is 3.76. The molecule has 29 heavy (non-hydrogen) atoms. The fourth-order valence-corrected chi connectivity index (χ4v) is 3.45. The fourth-order valence-electron chi connectivity index (χ4n) is 2.21. The first-order valence-corrected chi connectivity index (χ1v) is 10.6. The molecule has 2 aromatic carbocycles. The second-order valence-corrected chi connectivity index (χ2v) is 8.43. The fraction of sp³-hybridized carbons (Fsp3) is 0.250. The molecule has 2 aromatic rings. The van der Waals surface area contributed by atoms with Gasteiger partial charge in [-0.2, -0.15) is 5.10 Å². The van der Waals surface area contributed by atoms with Crippen molar-refractivity contribution in [1.29, 1.82) is 0 Å². The third kappa shape index (κ3) is 8.16. The molecule has 0 saturated carbocycles. The average Bonchev–Trinajstić information content (AvgIpc) is 2.67. The van der Waals surface area contributed by atoms with E-state index in [2.05, 4.69) is 47.7 Å². The molecular formula is C20H20Br2ClN3O3. The van der Waals surface area contributed by atoms with Gasteiger partial charge in [0.1, 0.15) is 5.75 Å². The Balaban J connectivity index is 1.75.